The number of aryl methyl sites for hydroxylation is 2. The lowest BCUT2D eigenvalue weighted by Gasteiger charge is -2.08. The molecule has 28 heavy (non-hydrogen) atoms. The first-order chi connectivity index (χ1) is 13.6. The first-order valence-corrected chi connectivity index (χ1v) is 9.38. The van der Waals surface area contributed by atoms with Gasteiger partial charge in [0.15, 0.2) is 11.2 Å². The Hall–Kier alpha value is -3.52. The second kappa shape index (κ2) is 6.28. The van der Waals surface area contributed by atoms with E-state index in [0.29, 0.717) is 28.2 Å². The highest BCUT2D eigenvalue weighted by atomic mass is 32.1. The highest BCUT2D eigenvalue weighted by Crippen LogP contribution is 2.30. The van der Waals surface area contributed by atoms with Crippen molar-refractivity contribution in [2.24, 2.45) is 0 Å². The molecule has 7 nitrogen and oxygen atoms in total. The van der Waals surface area contributed by atoms with E-state index in [-0.39, 0.29) is 4.94 Å². The molecule has 0 saturated heterocycles. The maximum atomic E-state index is 11.4. The Balaban J connectivity index is 1.58. The summed E-state index contributed by atoms with van der Waals surface area (Å²) in [6, 6.07) is 11.4. The molecule has 0 amide bonds. The number of nitrogens with zero attached hydrogens (tertiary/aromatic N) is 4. The summed E-state index contributed by atoms with van der Waals surface area (Å²) in [5.74, 6) is 0.909. The molecule has 0 saturated carbocycles. The first kappa shape index (κ1) is 16.6. The van der Waals surface area contributed by atoms with Crippen molar-refractivity contribution in [3.63, 3.8) is 0 Å². The summed E-state index contributed by atoms with van der Waals surface area (Å²) in [6.45, 7) is 4.09. The summed E-state index contributed by atoms with van der Waals surface area (Å²) in [4.78, 5) is 19.7. The molecule has 5 rings (SSSR count). The Morgan fingerprint density at radius 1 is 1.11 bits per heavy atom. The largest absolute Gasteiger partial charge is 0.438 e. The third kappa shape index (κ3) is 2.74. The van der Waals surface area contributed by atoms with Gasteiger partial charge in [-0.2, -0.15) is 5.10 Å². The lowest BCUT2D eigenvalue weighted by atomic mass is 10.1. The minimum Gasteiger partial charge on any atom is -0.438 e. The molecule has 3 aromatic heterocycles. The van der Waals surface area contributed by atoms with E-state index in [1.807, 2.05) is 19.1 Å². The van der Waals surface area contributed by atoms with Crippen LogP contribution in [-0.4, -0.2) is 19.7 Å². The van der Waals surface area contributed by atoms with Gasteiger partial charge in [-0.3, -0.25) is 0 Å². The smallest absolute Gasteiger partial charge is 0.396 e. The second-order valence-corrected chi connectivity index (χ2v) is 7.40. The summed E-state index contributed by atoms with van der Waals surface area (Å²) in [5, 5.41) is 5.18. The molecular weight excluding hydrogens is 376 g/mol. The lowest BCUT2D eigenvalue weighted by Crippen LogP contribution is -2.01. The van der Waals surface area contributed by atoms with E-state index in [1.54, 1.807) is 29.1 Å². The van der Waals surface area contributed by atoms with Gasteiger partial charge in [0.25, 0.3) is 0 Å². The number of hydrogen-bond donors (Lipinski definition) is 0. The molecule has 0 atom stereocenters. The second-order valence-electron chi connectivity index (χ2n) is 6.43. The third-order valence-electron chi connectivity index (χ3n) is 4.43. The fraction of sp³-hybridized carbons (Fsp3) is 0.100. The molecule has 0 spiro atoms. The number of benzene rings is 2. The maximum absolute atomic E-state index is 11.4. The molecule has 0 aliphatic heterocycles. The van der Waals surface area contributed by atoms with Crippen LogP contribution in [0.3, 0.4) is 0 Å². The molecule has 2 aromatic carbocycles. The highest BCUT2D eigenvalue weighted by molar-refractivity contribution is 7.16. The van der Waals surface area contributed by atoms with Crippen molar-refractivity contribution in [2.45, 2.75) is 13.8 Å². The van der Waals surface area contributed by atoms with Gasteiger partial charge < -0.3 is 9.15 Å². The number of aromatic nitrogens is 4. The monoisotopic (exact) mass is 390 g/mol. The van der Waals surface area contributed by atoms with Crippen molar-refractivity contribution in [1.29, 1.82) is 0 Å². The van der Waals surface area contributed by atoms with Crippen LogP contribution in [0, 0.1) is 13.8 Å². The predicted octanol–water partition coefficient (Wildman–Crippen LogP) is 4.39. The topological polar surface area (TPSA) is 83.0 Å². The van der Waals surface area contributed by atoms with Crippen LogP contribution < -0.4 is 9.68 Å². The molecule has 8 heteroatoms. The van der Waals surface area contributed by atoms with Gasteiger partial charge >= 0.3 is 4.94 Å². The number of ether oxygens (including phenoxy) is 1. The lowest BCUT2D eigenvalue weighted by molar-refractivity contribution is 0.467. The van der Waals surface area contributed by atoms with Crippen LogP contribution in [0.1, 0.15) is 11.1 Å². The molecule has 0 N–H and O–H groups in total. The molecule has 0 radical (unpaired) electrons. The van der Waals surface area contributed by atoms with Crippen molar-refractivity contribution in [3.8, 4) is 17.3 Å². The van der Waals surface area contributed by atoms with Crippen LogP contribution in [0.4, 0.5) is 0 Å². The van der Waals surface area contributed by atoms with Crippen LogP contribution >= 0.6 is 11.3 Å². The maximum Gasteiger partial charge on any atom is 0.396 e. The molecule has 5 aromatic rings. The summed E-state index contributed by atoms with van der Waals surface area (Å²) >= 11 is 1.06. The Labute approximate surface area is 162 Å². The molecule has 0 bridgehead atoms. The zero-order valence-electron chi connectivity index (χ0n) is 15.0. The van der Waals surface area contributed by atoms with E-state index in [2.05, 4.69) is 28.1 Å². The van der Waals surface area contributed by atoms with Gasteiger partial charge in [0.05, 0.1) is 16.6 Å². The fourth-order valence-electron chi connectivity index (χ4n) is 3.15. The zero-order chi connectivity index (χ0) is 19.3. The van der Waals surface area contributed by atoms with Crippen molar-refractivity contribution in [3.05, 3.63) is 69.8 Å². The number of hydrogen-bond acceptors (Lipinski definition) is 7. The van der Waals surface area contributed by atoms with E-state index in [0.717, 1.165) is 27.3 Å². The zero-order valence-corrected chi connectivity index (χ0v) is 15.9. The van der Waals surface area contributed by atoms with Crippen molar-refractivity contribution < 1.29 is 9.15 Å². The van der Waals surface area contributed by atoms with Gasteiger partial charge in [-0.05, 0) is 37.6 Å². The molecule has 0 aliphatic carbocycles. The average Bonchev–Trinajstić information content (AvgIpc) is 3.25. The van der Waals surface area contributed by atoms with E-state index >= 15 is 0 Å². The van der Waals surface area contributed by atoms with Gasteiger partial charge in [-0.1, -0.05) is 29.0 Å². The van der Waals surface area contributed by atoms with Gasteiger partial charge in [0, 0.05) is 6.07 Å². The Kier molecular flexibility index (Phi) is 3.73. The molecule has 0 aliphatic rings. The minimum absolute atomic E-state index is 0.341. The van der Waals surface area contributed by atoms with E-state index in [4.69, 9.17) is 9.15 Å². The first-order valence-electron chi connectivity index (χ1n) is 8.56. The van der Waals surface area contributed by atoms with E-state index in [1.165, 1.54) is 11.9 Å². The average molecular weight is 390 g/mol. The molecule has 0 fully saturated rings. The normalized spacial score (nSPS) is 11.4. The quantitative estimate of drug-likeness (QED) is 0.454. The molecular formula is C20H14N4O3S. The fourth-order valence-corrected chi connectivity index (χ4v) is 3.80. The predicted molar refractivity (Wildman–Crippen MR) is 107 cm³/mol. The van der Waals surface area contributed by atoms with Crippen LogP contribution in [0.5, 0.6) is 11.6 Å². The summed E-state index contributed by atoms with van der Waals surface area (Å²) in [5.41, 5.74) is 4.38. The molecule has 138 valence electrons. The summed E-state index contributed by atoms with van der Waals surface area (Å²) in [7, 11) is 0. The van der Waals surface area contributed by atoms with Crippen LogP contribution in [0.25, 0.3) is 27.0 Å². The minimum atomic E-state index is -0.341. The Bertz CT molecular complexity index is 1400. The van der Waals surface area contributed by atoms with Gasteiger partial charge in [0.1, 0.15) is 17.5 Å². The van der Waals surface area contributed by atoms with E-state index < -0.39 is 0 Å². The van der Waals surface area contributed by atoms with Gasteiger partial charge in [-0.15, -0.1) is 0 Å². The molecule has 0 unspecified atom stereocenters. The number of rotatable bonds is 3. The highest BCUT2D eigenvalue weighted by Gasteiger charge is 2.14. The summed E-state index contributed by atoms with van der Waals surface area (Å²) < 4.78 is 13.6. The Morgan fingerprint density at radius 3 is 2.86 bits per heavy atom. The SMILES string of the molecule is Cc1ccc(-n2ncc3c(Oc4ccc5sc(=O)oc5c4)ncnc32)c(C)c1. The standard InChI is InChI=1S/C20H14N4O3S/c1-11-3-5-15(12(2)7-11)24-18-14(9-23-24)19(22-10-21-18)26-13-4-6-17-16(8-13)27-20(25)28-17/h3-10H,1-2H3. The van der Waals surface area contributed by atoms with Crippen molar-refractivity contribution in [2.75, 3.05) is 0 Å². The Morgan fingerprint density at radius 2 is 2.00 bits per heavy atom. The summed E-state index contributed by atoms with van der Waals surface area (Å²) in [6.07, 6.45) is 3.13. The number of fused-ring (bicyclic) bond motifs is 2. The van der Waals surface area contributed by atoms with Crippen LogP contribution in [0.15, 0.2) is 58.1 Å². The van der Waals surface area contributed by atoms with Crippen LogP contribution in [-0.2, 0) is 0 Å². The van der Waals surface area contributed by atoms with Gasteiger partial charge in [0.2, 0.25) is 5.88 Å². The van der Waals surface area contributed by atoms with Crippen LogP contribution in [0.2, 0.25) is 0 Å². The van der Waals surface area contributed by atoms with Gasteiger partial charge in [-0.25, -0.2) is 19.4 Å². The third-order valence-corrected chi connectivity index (χ3v) is 5.23. The van der Waals surface area contributed by atoms with Crippen molar-refractivity contribution >= 4 is 32.7 Å². The van der Waals surface area contributed by atoms with Crippen molar-refractivity contribution in [1.82, 2.24) is 19.7 Å². The van der Waals surface area contributed by atoms with E-state index in [9.17, 15) is 4.79 Å². The molecule has 3 heterocycles.